The molecule has 0 aromatic carbocycles. The first-order chi connectivity index (χ1) is 9.81. The zero-order chi connectivity index (χ0) is 15.6. The zero-order valence-corrected chi connectivity index (χ0v) is 12.3. The number of hydrogen-bond acceptors (Lipinski definition) is 4. The van der Waals surface area contributed by atoms with Crippen LogP contribution in [0.4, 0.5) is 5.82 Å². The normalized spacial score (nSPS) is 11.6. The standard InChI is InChI=1S/C13H15N3O4S/c1-9(2)16-8-10(7-11(16)13(17)18)21(19,20)15-12-5-3-4-6-14-12/h3-9H,1-2H3,(H,14,15)(H,17,18). The van der Waals surface area contributed by atoms with Crippen LogP contribution in [0.1, 0.15) is 30.4 Å². The molecule has 0 aliphatic rings. The summed E-state index contributed by atoms with van der Waals surface area (Å²) >= 11 is 0. The fraction of sp³-hybridized carbons (Fsp3) is 0.231. The third-order valence-corrected chi connectivity index (χ3v) is 4.13. The molecule has 2 rings (SSSR count). The summed E-state index contributed by atoms with van der Waals surface area (Å²) in [7, 11) is -3.88. The van der Waals surface area contributed by atoms with Gasteiger partial charge < -0.3 is 9.67 Å². The number of carboxylic acid groups (broad SMARTS) is 1. The second kappa shape index (κ2) is 5.57. The van der Waals surface area contributed by atoms with E-state index in [1.165, 1.54) is 23.0 Å². The van der Waals surface area contributed by atoms with Crippen LogP contribution in [0.15, 0.2) is 41.6 Å². The van der Waals surface area contributed by atoms with Crippen molar-refractivity contribution in [1.29, 1.82) is 0 Å². The van der Waals surface area contributed by atoms with Gasteiger partial charge in [-0.05, 0) is 32.0 Å². The van der Waals surface area contributed by atoms with E-state index in [1.807, 2.05) is 0 Å². The number of nitrogens with one attached hydrogen (secondary N) is 1. The lowest BCUT2D eigenvalue weighted by Gasteiger charge is -2.09. The van der Waals surface area contributed by atoms with Gasteiger partial charge in [-0.2, -0.15) is 0 Å². The monoisotopic (exact) mass is 309 g/mol. The Morgan fingerprint density at radius 2 is 2.10 bits per heavy atom. The Hall–Kier alpha value is -2.35. The minimum Gasteiger partial charge on any atom is -0.477 e. The number of anilines is 1. The number of hydrogen-bond donors (Lipinski definition) is 2. The van der Waals surface area contributed by atoms with Crippen LogP contribution in [0.3, 0.4) is 0 Å². The number of carboxylic acids is 1. The first-order valence-corrected chi connectivity index (χ1v) is 7.68. The van der Waals surface area contributed by atoms with Gasteiger partial charge in [-0.15, -0.1) is 0 Å². The molecule has 2 aromatic rings. The van der Waals surface area contributed by atoms with Gasteiger partial charge in [0.25, 0.3) is 10.0 Å². The second-order valence-electron chi connectivity index (χ2n) is 4.69. The first kappa shape index (κ1) is 15.0. The summed E-state index contributed by atoms with van der Waals surface area (Å²) in [5, 5.41) is 9.13. The van der Waals surface area contributed by atoms with E-state index in [-0.39, 0.29) is 22.4 Å². The number of carbonyl (C=O) groups is 1. The molecule has 0 spiro atoms. The molecule has 0 aliphatic carbocycles. The number of nitrogens with zero attached hydrogens (tertiary/aromatic N) is 2. The van der Waals surface area contributed by atoms with Gasteiger partial charge in [0.05, 0.1) is 0 Å². The molecule has 0 saturated heterocycles. The summed E-state index contributed by atoms with van der Waals surface area (Å²) in [5.41, 5.74) is -0.0774. The number of pyridine rings is 1. The number of sulfonamides is 1. The van der Waals surface area contributed by atoms with Gasteiger partial charge in [-0.3, -0.25) is 4.72 Å². The lowest BCUT2D eigenvalue weighted by Crippen LogP contribution is -2.13. The molecule has 0 amide bonds. The summed E-state index contributed by atoms with van der Waals surface area (Å²) in [4.78, 5) is 14.9. The topological polar surface area (TPSA) is 101 Å². The van der Waals surface area contributed by atoms with E-state index >= 15 is 0 Å². The molecule has 7 nitrogen and oxygen atoms in total. The van der Waals surface area contributed by atoms with Crippen molar-refractivity contribution in [2.45, 2.75) is 24.8 Å². The lowest BCUT2D eigenvalue weighted by molar-refractivity contribution is 0.0683. The van der Waals surface area contributed by atoms with Gasteiger partial charge in [0.2, 0.25) is 0 Å². The van der Waals surface area contributed by atoms with Crippen molar-refractivity contribution in [2.24, 2.45) is 0 Å². The molecule has 0 atom stereocenters. The van der Waals surface area contributed by atoms with E-state index < -0.39 is 16.0 Å². The SMILES string of the molecule is CC(C)n1cc(S(=O)(=O)Nc2ccccn2)cc1C(=O)O. The third-order valence-electron chi connectivity index (χ3n) is 2.81. The number of aromatic nitrogens is 2. The Labute approximate surface area is 122 Å². The van der Waals surface area contributed by atoms with Gasteiger partial charge in [0.15, 0.2) is 0 Å². The predicted molar refractivity (Wildman–Crippen MR) is 76.8 cm³/mol. The molecule has 0 unspecified atom stereocenters. The zero-order valence-electron chi connectivity index (χ0n) is 11.5. The molecule has 21 heavy (non-hydrogen) atoms. The average molecular weight is 309 g/mol. The molecule has 0 bridgehead atoms. The van der Waals surface area contributed by atoms with Crippen molar-refractivity contribution in [3.8, 4) is 0 Å². The summed E-state index contributed by atoms with van der Waals surface area (Å²) in [6.45, 7) is 3.55. The second-order valence-corrected chi connectivity index (χ2v) is 6.37. The molecular weight excluding hydrogens is 294 g/mol. The predicted octanol–water partition coefficient (Wildman–Crippen LogP) is 1.96. The van der Waals surface area contributed by atoms with Crippen LogP contribution in [-0.2, 0) is 10.0 Å². The molecule has 112 valence electrons. The van der Waals surface area contributed by atoms with E-state index in [0.717, 1.165) is 6.07 Å². The van der Waals surface area contributed by atoms with E-state index in [1.54, 1.807) is 26.0 Å². The smallest absolute Gasteiger partial charge is 0.352 e. The maximum atomic E-state index is 12.3. The minimum atomic E-state index is -3.88. The van der Waals surface area contributed by atoms with Crippen LogP contribution in [-0.4, -0.2) is 29.0 Å². The van der Waals surface area contributed by atoms with Gasteiger partial charge in [0.1, 0.15) is 16.4 Å². The molecule has 0 aliphatic heterocycles. The Bertz CT molecular complexity index is 751. The molecule has 2 heterocycles. The van der Waals surface area contributed by atoms with Crippen LogP contribution in [0.5, 0.6) is 0 Å². The van der Waals surface area contributed by atoms with Crippen molar-refractivity contribution in [1.82, 2.24) is 9.55 Å². The number of aromatic carboxylic acids is 1. The Morgan fingerprint density at radius 3 is 2.57 bits per heavy atom. The van der Waals surface area contributed by atoms with Crippen LogP contribution in [0.2, 0.25) is 0 Å². The molecule has 0 saturated carbocycles. The van der Waals surface area contributed by atoms with Gasteiger partial charge in [-0.25, -0.2) is 18.2 Å². The lowest BCUT2D eigenvalue weighted by atomic mass is 10.3. The van der Waals surface area contributed by atoms with Gasteiger partial charge in [0, 0.05) is 18.4 Å². The fourth-order valence-corrected chi connectivity index (χ4v) is 2.85. The average Bonchev–Trinajstić information content (AvgIpc) is 2.85. The van der Waals surface area contributed by atoms with E-state index in [2.05, 4.69) is 9.71 Å². The summed E-state index contributed by atoms with van der Waals surface area (Å²) in [6.07, 6.45) is 2.76. The van der Waals surface area contributed by atoms with Gasteiger partial charge in [-0.1, -0.05) is 6.07 Å². The Balaban J connectivity index is 2.41. The van der Waals surface area contributed by atoms with Crippen LogP contribution >= 0.6 is 0 Å². The Kier molecular flexibility index (Phi) is 3.99. The maximum Gasteiger partial charge on any atom is 0.352 e. The molecule has 2 N–H and O–H groups in total. The van der Waals surface area contributed by atoms with Crippen LogP contribution in [0, 0.1) is 0 Å². The van der Waals surface area contributed by atoms with Crippen LogP contribution < -0.4 is 4.72 Å². The fourth-order valence-electron chi connectivity index (χ4n) is 1.82. The highest BCUT2D eigenvalue weighted by Crippen LogP contribution is 2.21. The van der Waals surface area contributed by atoms with Crippen molar-refractivity contribution in [3.63, 3.8) is 0 Å². The maximum absolute atomic E-state index is 12.3. The molecule has 0 radical (unpaired) electrons. The highest BCUT2D eigenvalue weighted by molar-refractivity contribution is 7.92. The summed E-state index contributed by atoms with van der Waals surface area (Å²) in [6, 6.07) is 5.78. The van der Waals surface area contributed by atoms with E-state index in [0.29, 0.717) is 0 Å². The van der Waals surface area contributed by atoms with Crippen molar-refractivity contribution >= 4 is 21.8 Å². The van der Waals surface area contributed by atoms with Crippen molar-refractivity contribution in [2.75, 3.05) is 4.72 Å². The summed E-state index contributed by atoms with van der Waals surface area (Å²) < 4.78 is 28.2. The molecule has 8 heteroatoms. The highest BCUT2D eigenvalue weighted by Gasteiger charge is 2.22. The largest absolute Gasteiger partial charge is 0.477 e. The van der Waals surface area contributed by atoms with E-state index in [9.17, 15) is 13.2 Å². The van der Waals surface area contributed by atoms with Crippen molar-refractivity contribution in [3.05, 3.63) is 42.4 Å². The van der Waals surface area contributed by atoms with Crippen LogP contribution in [0.25, 0.3) is 0 Å². The quantitative estimate of drug-likeness (QED) is 0.879. The third kappa shape index (κ3) is 3.22. The highest BCUT2D eigenvalue weighted by atomic mass is 32.2. The number of rotatable bonds is 5. The Morgan fingerprint density at radius 1 is 1.38 bits per heavy atom. The van der Waals surface area contributed by atoms with Crippen molar-refractivity contribution < 1.29 is 18.3 Å². The van der Waals surface area contributed by atoms with Gasteiger partial charge >= 0.3 is 5.97 Å². The molecule has 0 fully saturated rings. The molecular formula is C13H15N3O4S. The first-order valence-electron chi connectivity index (χ1n) is 6.20. The van der Waals surface area contributed by atoms with E-state index in [4.69, 9.17) is 5.11 Å². The summed E-state index contributed by atoms with van der Waals surface area (Å²) in [5.74, 6) is -1.00. The molecule has 2 aromatic heterocycles. The minimum absolute atomic E-state index is 0.0774.